The molecule has 0 heterocycles. The van der Waals surface area contributed by atoms with E-state index < -0.39 is 16.1 Å². The third-order valence-corrected chi connectivity index (χ3v) is 11.8. The summed E-state index contributed by atoms with van der Waals surface area (Å²) >= 11 is 1.69. The van der Waals surface area contributed by atoms with E-state index in [9.17, 15) is 0 Å². The SMILES string of the molecule is C[Si](C)(C)c1ccc2[cH-]c3ccc([Si](C)(C)C)cc3c2c1.[C-]1=CC=CC1.[Cl-].[Cl-].[Zr+2]=[C]1CCCCC1. The zero-order valence-corrected chi connectivity index (χ0v) is 28.2. The molecule has 1 fully saturated rings. The van der Waals surface area contributed by atoms with Gasteiger partial charge >= 0.3 is 59.5 Å². The van der Waals surface area contributed by atoms with Gasteiger partial charge in [-0.1, -0.05) is 73.9 Å². The fourth-order valence-electron chi connectivity index (χ4n) is 4.25. The Morgan fingerprint density at radius 1 is 0.743 bits per heavy atom. The van der Waals surface area contributed by atoms with E-state index in [2.05, 4.69) is 93.9 Å². The van der Waals surface area contributed by atoms with Crippen LogP contribution in [0.1, 0.15) is 38.5 Å². The van der Waals surface area contributed by atoms with Crippen LogP contribution in [0.2, 0.25) is 39.3 Å². The molecule has 188 valence electrons. The van der Waals surface area contributed by atoms with Gasteiger partial charge in [0.05, 0.1) is 16.1 Å². The van der Waals surface area contributed by atoms with Crippen LogP contribution in [0.3, 0.4) is 0 Å². The number of halogens is 2. The fourth-order valence-corrected chi connectivity index (χ4v) is 7.44. The van der Waals surface area contributed by atoms with Gasteiger partial charge in [-0.25, -0.2) is 12.2 Å². The summed E-state index contributed by atoms with van der Waals surface area (Å²) in [6.07, 6.45) is 17.3. The van der Waals surface area contributed by atoms with Gasteiger partial charge in [-0.05, 0) is 0 Å². The normalized spacial score (nSPS) is 15.0. The van der Waals surface area contributed by atoms with Gasteiger partial charge in [0.2, 0.25) is 0 Å². The van der Waals surface area contributed by atoms with E-state index in [0.29, 0.717) is 0 Å². The maximum absolute atomic E-state index is 2.99. The zero-order chi connectivity index (χ0) is 24.1. The molecule has 2 aliphatic rings. The van der Waals surface area contributed by atoms with Crippen molar-refractivity contribution in [3.63, 3.8) is 0 Å². The van der Waals surface area contributed by atoms with Crippen molar-refractivity contribution in [1.29, 1.82) is 0 Å². The van der Waals surface area contributed by atoms with Crippen LogP contribution in [0.25, 0.3) is 21.5 Å². The molecule has 0 nitrogen and oxygen atoms in total. The number of hydrogen-bond acceptors (Lipinski definition) is 0. The Hall–Kier alpha value is -0.443. The van der Waals surface area contributed by atoms with Crippen LogP contribution in [-0.4, -0.2) is 19.4 Å². The summed E-state index contributed by atoms with van der Waals surface area (Å²) < 4.78 is 1.80. The van der Waals surface area contributed by atoms with E-state index in [0.717, 1.165) is 6.42 Å². The van der Waals surface area contributed by atoms with E-state index >= 15 is 0 Å². The molecule has 0 saturated heterocycles. The summed E-state index contributed by atoms with van der Waals surface area (Å²) in [6.45, 7) is 14.5. The van der Waals surface area contributed by atoms with Crippen molar-refractivity contribution in [1.82, 2.24) is 0 Å². The Kier molecular flexibility index (Phi) is 13.5. The molecule has 35 heavy (non-hydrogen) atoms. The molecule has 0 aliphatic heterocycles. The molecule has 5 rings (SSSR count). The molecule has 0 bridgehead atoms. The van der Waals surface area contributed by atoms with Crippen molar-refractivity contribution in [3.05, 3.63) is 66.8 Å². The van der Waals surface area contributed by atoms with Crippen LogP contribution in [-0.2, 0) is 24.2 Å². The predicted molar refractivity (Wildman–Crippen MR) is 153 cm³/mol. The van der Waals surface area contributed by atoms with Crippen molar-refractivity contribution in [2.45, 2.75) is 77.8 Å². The Morgan fingerprint density at radius 2 is 1.23 bits per heavy atom. The first kappa shape index (κ1) is 32.6. The molecular formula is C30H40Cl2Si2Zr-2. The monoisotopic (exact) mass is 616 g/mol. The van der Waals surface area contributed by atoms with Crippen molar-refractivity contribution in [2.75, 3.05) is 0 Å². The molecular weight excluding hydrogens is 579 g/mol. The van der Waals surface area contributed by atoms with Crippen LogP contribution in [0.5, 0.6) is 0 Å². The maximum atomic E-state index is 2.99. The minimum absolute atomic E-state index is 0. The first-order valence-electron chi connectivity index (χ1n) is 12.5. The first-order chi connectivity index (χ1) is 15.6. The number of allylic oxidation sites excluding steroid dienone is 4. The standard InChI is InChI=1S/C19H25Si2.C6H10.C5H5.2ClH.Zr/c1-20(2,3)16-9-7-14-11-15-8-10-17(21(4,5)6)13-19(15)18(14)12-16;1-2-4-6-5-3-1;1-2-4-5-3-1;;;/h7-13H,1-6H3;1-5H2;1-3H,4H2;2*1H;/q-1;;-1;;;+2/p-2. The van der Waals surface area contributed by atoms with Crippen molar-refractivity contribution >= 4 is 51.3 Å². The summed E-state index contributed by atoms with van der Waals surface area (Å²) in [5, 5.41) is 8.79. The molecule has 0 unspecified atom stereocenters. The number of hydrogen-bond donors (Lipinski definition) is 0. The molecule has 3 aromatic carbocycles. The van der Waals surface area contributed by atoms with Gasteiger partial charge < -0.3 is 24.8 Å². The van der Waals surface area contributed by atoms with Gasteiger partial charge in [0.1, 0.15) is 0 Å². The number of fused-ring (bicyclic) bond motifs is 3. The quantitative estimate of drug-likeness (QED) is 0.304. The van der Waals surface area contributed by atoms with Crippen LogP contribution < -0.4 is 35.2 Å². The molecule has 0 amide bonds. The molecule has 5 heteroatoms. The number of benzene rings is 2. The molecule has 3 aromatic rings. The molecule has 0 radical (unpaired) electrons. The van der Waals surface area contributed by atoms with Crippen LogP contribution in [0.4, 0.5) is 0 Å². The summed E-state index contributed by atoms with van der Waals surface area (Å²) in [7, 11) is -2.51. The average Bonchev–Trinajstić information content (AvgIpc) is 3.44. The van der Waals surface area contributed by atoms with Crippen molar-refractivity contribution in [3.8, 4) is 0 Å². The number of rotatable bonds is 2. The summed E-state index contributed by atoms with van der Waals surface area (Å²) in [4.78, 5) is 0. The second kappa shape index (κ2) is 14.5. The predicted octanol–water partition coefficient (Wildman–Crippen LogP) is 1.79. The summed E-state index contributed by atoms with van der Waals surface area (Å²) in [6, 6.07) is 16.6. The van der Waals surface area contributed by atoms with Gasteiger partial charge in [-0.3, -0.25) is 6.08 Å². The average molecular weight is 619 g/mol. The molecule has 0 aromatic heterocycles. The van der Waals surface area contributed by atoms with Gasteiger partial charge in [0, 0.05) is 0 Å². The molecule has 0 N–H and O–H groups in total. The third-order valence-electron chi connectivity index (χ3n) is 6.48. The summed E-state index contributed by atoms with van der Waals surface area (Å²) in [5.74, 6) is 0. The fraction of sp³-hybridized carbons (Fsp3) is 0.400. The van der Waals surface area contributed by atoms with E-state index in [1.165, 1.54) is 53.6 Å². The summed E-state index contributed by atoms with van der Waals surface area (Å²) in [5.41, 5.74) is 0. The van der Waals surface area contributed by atoms with Crippen LogP contribution >= 0.6 is 0 Å². The second-order valence-corrected chi connectivity index (χ2v) is 23.3. The van der Waals surface area contributed by atoms with Gasteiger partial charge in [0.15, 0.2) is 0 Å². The van der Waals surface area contributed by atoms with Gasteiger partial charge in [0.25, 0.3) is 0 Å². The third kappa shape index (κ3) is 9.75. The topological polar surface area (TPSA) is 0 Å². The van der Waals surface area contributed by atoms with E-state index in [4.69, 9.17) is 0 Å². The minimum atomic E-state index is -1.25. The van der Waals surface area contributed by atoms with Crippen molar-refractivity contribution in [2.24, 2.45) is 0 Å². The molecule has 0 spiro atoms. The van der Waals surface area contributed by atoms with E-state index in [1.54, 1.807) is 37.8 Å². The second-order valence-electron chi connectivity index (χ2n) is 11.4. The van der Waals surface area contributed by atoms with Crippen LogP contribution in [0, 0.1) is 6.08 Å². The van der Waals surface area contributed by atoms with Gasteiger partial charge in [-0.15, -0.1) is 46.2 Å². The molecule has 1 saturated carbocycles. The Morgan fingerprint density at radius 3 is 1.51 bits per heavy atom. The van der Waals surface area contributed by atoms with Gasteiger partial charge in [-0.2, -0.15) is 6.08 Å². The van der Waals surface area contributed by atoms with E-state index in [1.807, 2.05) is 12.2 Å². The molecule has 0 atom stereocenters. The van der Waals surface area contributed by atoms with Crippen LogP contribution in [0.15, 0.2) is 60.7 Å². The Balaban J connectivity index is 0.000000360. The first-order valence-corrected chi connectivity index (χ1v) is 20.7. The van der Waals surface area contributed by atoms with Crippen molar-refractivity contribution < 1.29 is 49.0 Å². The Labute approximate surface area is 243 Å². The Bertz CT molecular complexity index is 1070. The van der Waals surface area contributed by atoms with E-state index in [-0.39, 0.29) is 24.8 Å². The zero-order valence-electron chi connectivity index (χ0n) is 22.3. The molecule has 2 aliphatic carbocycles.